The van der Waals surface area contributed by atoms with E-state index < -0.39 is 17.3 Å². The lowest BCUT2D eigenvalue weighted by atomic mass is 9.68. The third-order valence-corrected chi connectivity index (χ3v) is 4.96. The highest BCUT2D eigenvalue weighted by atomic mass is 16.5. The maximum absolute atomic E-state index is 12.5. The Morgan fingerprint density at radius 3 is 2.54 bits per heavy atom. The number of carbonyl (C=O) groups excluding carboxylic acids is 1. The number of hydrogen-bond donors (Lipinski definition) is 2. The second kappa shape index (κ2) is 6.15. The maximum Gasteiger partial charge on any atom is 0.319 e. The van der Waals surface area contributed by atoms with Crippen molar-refractivity contribution in [2.24, 2.45) is 5.41 Å². The fourth-order valence-electron chi connectivity index (χ4n) is 3.20. The Kier molecular flexibility index (Phi) is 4.18. The molecule has 0 radical (unpaired) electrons. The maximum atomic E-state index is 12.5. The number of carbonyl (C=O) groups is 2. The van der Waals surface area contributed by atoms with Gasteiger partial charge in [0.05, 0.1) is 13.2 Å². The Balaban J connectivity index is 1.87. The number of carboxylic acids is 1. The number of aliphatic carboxylic acids is 1. The van der Waals surface area contributed by atoms with Crippen LogP contribution in [0.5, 0.6) is 5.75 Å². The molecule has 1 aliphatic carbocycles. The highest BCUT2D eigenvalue weighted by molar-refractivity contribution is 6.03. The highest BCUT2D eigenvalue weighted by Crippen LogP contribution is 2.42. The van der Waals surface area contributed by atoms with Gasteiger partial charge in [-0.05, 0) is 42.8 Å². The Morgan fingerprint density at radius 2 is 1.96 bits per heavy atom. The Labute approximate surface area is 140 Å². The molecule has 0 aliphatic heterocycles. The van der Waals surface area contributed by atoms with Crippen LogP contribution in [0.1, 0.15) is 37.8 Å². The molecular weight excluding hydrogens is 306 g/mol. The van der Waals surface area contributed by atoms with Gasteiger partial charge in [0.1, 0.15) is 11.2 Å². The molecule has 0 heterocycles. The van der Waals surface area contributed by atoms with Crippen molar-refractivity contribution in [2.75, 3.05) is 7.11 Å². The van der Waals surface area contributed by atoms with Gasteiger partial charge in [0.2, 0.25) is 5.91 Å². The van der Waals surface area contributed by atoms with Gasteiger partial charge < -0.3 is 15.2 Å². The molecule has 5 nitrogen and oxygen atoms in total. The van der Waals surface area contributed by atoms with Gasteiger partial charge in [-0.25, -0.2) is 0 Å². The number of methoxy groups -OCH3 is 1. The zero-order chi connectivity index (χ0) is 17.3. The predicted octanol–water partition coefficient (Wildman–Crippen LogP) is 3.28. The molecule has 126 valence electrons. The van der Waals surface area contributed by atoms with Gasteiger partial charge >= 0.3 is 5.97 Å². The van der Waals surface area contributed by atoms with Crippen LogP contribution in [0.4, 0.5) is 0 Å². The molecule has 1 aliphatic rings. The first-order valence-corrected chi connectivity index (χ1v) is 8.09. The highest BCUT2D eigenvalue weighted by Gasteiger charge is 2.51. The molecule has 1 amide bonds. The van der Waals surface area contributed by atoms with Crippen molar-refractivity contribution < 1.29 is 19.4 Å². The number of nitrogens with one attached hydrogen (secondary N) is 1. The molecule has 0 aromatic heterocycles. The number of benzene rings is 2. The van der Waals surface area contributed by atoms with Crippen LogP contribution in [-0.2, 0) is 9.59 Å². The van der Waals surface area contributed by atoms with Gasteiger partial charge in [-0.2, -0.15) is 0 Å². The fourth-order valence-corrected chi connectivity index (χ4v) is 3.20. The van der Waals surface area contributed by atoms with Crippen LogP contribution in [0.15, 0.2) is 36.4 Å². The lowest BCUT2D eigenvalue weighted by molar-refractivity contribution is -0.162. The second-order valence-electron chi connectivity index (χ2n) is 6.38. The van der Waals surface area contributed by atoms with Crippen LogP contribution in [0.3, 0.4) is 0 Å². The SMILES string of the molecule is COc1cc(C(C)NC(=O)C2(C(=O)O)CCC2)cc2ccccc12. The number of fused-ring (bicyclic) bond motifs is 1. The minimum Gasteiger partial charge on any atom is -0.496 e. The summed E-state index contributed by atoms with van der Waals surface area (Å²) in [4.78, 5) is 23.9. The molecule has 2 aromatic rings. The minimum atomic E-state index is -1.25. The quantitative estimate of drug-likeness (QED) is 0.826. The molecule has 24 heavy (non-hydrogen) atoms. The molecular formula is C19H21NO4. The van der Waals surface area contributed by atoms with E-state index in [1.807, 2.05) is 43.3 Å². The Bertz CT molecular complexity index is 795. The van der Waals surface area contributed by atoms with Crippen LogP contribution in [0.2, 0.25) is 0 Å². The zero-order valence-electron chi connectivity index (χ0n) is 13.8. The van der Waals surface area contributed by atoms with Crippen molar-refractivity contribution in [1.82, 2.24) is 5.32 Å². The molecule has 1 fully saturated rings. The van der Waals surface area contributed by atoms with Crippen molar-refractivity contribution in [3.63, 3.8) is 0 Å². The van der Waals surface area contributed by atoms with E-state index in [1.54, 1.807) is 7.11 Å². The predicted molar refractivity (Wildman–Crippen MR) is 91.0 cm³/mol. The van der Waals surface area contributed by atoms with Gasteiger partial charge in [0, 0.05) is 5.39 Å². The Hall–Kier alpha value is -2.56. The first-order valence-electron chi connectivity index (χ1n) is 8.09. The molecule has 3 rings (SSSR count). The van der Waals surface area contributed by atoms with Gasteiger partial charge in [0.25, 0.3) is 0 Å². The number of amides is 1. The molecule has 1 atom stereocenters. The van der Waals surface area contributed by atoms with Crippen molar-refractivity contribution in [3.05, 3.63) is 42.0 Å². The van der Waals surface area contributed by atoms with E-state index in [2.05, 4.69) is 5.32 Å². The van der Waals surface area contributed by atoms with Crippen LogP contribution in [-0.4, -0.2) is 24.1 Å². The monoisotopic (exact) mass is 327 g/mol. The third kappa shape index (κ3) is 2.60. The summed E-state index contributed by atoms with van der Waals surface area (Å²) in [7, 11) is 1.61. The standard InChI is InChI=1S/C19H21NO4/c1-12(20-17(21)19(18(22)23)8-5-9-19)14-10-13-6-3-4-7-15(13)16(11-14)24-2/h3-4,6-7,10-12H,5,8-9H2,1-2H3,(H,20,21)(H,22,23). The number of hydrogen-bond acceptors (Lipinski definition) is 3. The number of carboxylic acid groups (broad SMARTS) is 1. The smallest absolute Gasteiger partial charge is 0.319 e. The molecule has 5 heteroatoms. The van der Waals surface area contributed by atoms with E-state index in [-0.39, 0.29) is 6.04 Å². The molecule has 1 unspecified atom stereocenters. The van der Waals surface area contributed by atoms with E-state index in [0.29, 0.717) is 12.8 Å². The first-order chi connectivity index (χ1) is 11.5. The van der Waals surface area contributed by atoms with Gasteiger partial charge in [-0.3, -0.25) is 9.59 Å². The summed E-state index contributed by atoms with van der Waals surface area (Å²) in [5.74, 6) is -0.698. The lowest BCUT2D eigenvalue weighted by Gasteiger charge is -2.36. The summed E-state index contributed by atoms with van der Waals surface area (Å²) in [6.45, 7) is 1.86. The number of ether oxygens (including phenoxy) is 1. The summed E-state index contributed by atoms with van der Waals surface area (Å²) in [5, 5.41) is 14.3. The topological polar surface area (TPSA) is 75.6 Å². The molecule has 0 bridgehead atoms. The molecule has 0 saturated heterocycles. The average molecular weight is 327 g/mol. The largest absolute Gasteiger partial charge is 0.496 e. The van der Waals surface area contributed by atoms with Crippen molar-refractivity contribution in [2.45, 2.75) is 32.2 Å². The summed E-state index contributed by atoms with van der Waals surface area (Å²) < 4.78 is 5.45. The van der Waals surface area contributed by atoms with Crippen LogP contribution < -0.4 is 10.1 Å². The third-order valence-electron chi connectivity index (χ3n) is 4.96. The van der Waals surface area contributed by atoms with E-state index in [1.165, 1.54) is 0 Å². The first kappa shape index (κ1) is 16.3. The van der Waals surface area contributed by atoms with E-state index in [4.69, 9.17) is 4.74 Å². The van der Waals surface area contributed by atoms with E-state index in [0.717, 1.165) is 28.5 Å². The lowest BCUT2D eigenvalue weighted by Crippen LogP contribution is -2.51. The summed E-state index contributed by atoms with van der Waals surface area (Å²) in [5.41, 5.74) is -0.367. The summed E-state index contributed by atoms with van der Waals surface area (Å²) in [6, 6.07) is 11.5. The minimum absolute atomic E-state index is 0.298. The molecule has 0 spiro atoms. The van der Waals surface area contributed by atoms with Gasteiger partial charge in [-0.15, -0.1) is 0 Å². The molecule has 2 aromatic carbocycles. The van der Waals surface area contributed by atoms with Crippen LogP contribution in [0.25, 0.3) is 10.8 Å². The fraction of sp³-hybridized carbons (Fsp3) is 0.368. The Morgan fingerprint density at radius 1 is 1.25 bits per heavy atom. The van der Waals surface area contributed by atoms with Gasteiger partial charge in [0.15, 0.2) is 0 Å². The van der Waals surface area contributed by atoms with Gasteiger partial charge in [-0.1, -0.05) is 30.7 Å². The van der Waals surface area contributed by atoms with Crippen LogP contribution in [0, 0.1) is 5.41 Å². The van der Waals surface area contributed by atoms with E-state index >= 15 is 0 Å². The zero-order valence-corrected chi connectivity index (χ0v) is 13.8. The normalized spacial score (nSPS) is 16.9. The van der Waals surface area contributed by atoms with E-state index in [9.17, 15) is 14.7 Å². The second-order valence-corrected chi connectivity index (χ2v) is 6.38. The molecule has 1 saturated carbocycles. The molecule has 2 N–H and O–H groups in total. The van der Waals surface area contributed by atoms with Crippen molar-refractivity contribution in [1.29, 1.82) is 0 Å². The summed E-state index contributed by atoms with van der Waals surface area (Å²) in [6.07, 6.45) is 1.59. The van der Waals surface area contributed by atoms with Crippen molar-refractivity contribution in [3.8, 4) is 5.75 Å². The average Bonchev–Trinajstić information content (AvgIpc) is 2.52. The summed E-state index contributed by atoms with van der Waals surface area (Å²) >= 11 is 0. The van der Waals surface area contributed by atoms with Crippen LogP contribution >= 0.6 is 0 Å². The number of rotatable bonds is 5. The van der Waals surface area contributed by atoms with Crippen molar-refractivity contribution >= 4 is 22.6 Å².